The van der Waals surface area contributed by atoms with Crippen LogP contribution < -0.4 is 5.32 Å². The lowest BCUT2D eigenvalue weighted by molar-refractivity contribution is -0.146. The van der Waals surface area contributed by atoms with Gasteiger partial charge in [-0.25, -0.2) is 9.18 Å². The minimum Gasteiger partial charge on any atom is -0.374 e. The third kappa shape index (κ3) is 3.00. The highest BCUT2D eigenvalue weighted by molar-refractivity contribution is 6.18. The second-order valence-corrected chi connectivity index (χ2v) is 4.27. The number of nitrogens with zero attached hydrogens (tertiary/aromatic N) is 1. The van der Waals surface area contributed by atoms with E-state index in [0.29, 0.717) is 11.5 Å². The Kier molecular flexibility index (Phi) is 3.82. The number of rotatable bonds is 4. The topological polar surface area (TPSA) is 75.7 Å². The summed E-state index contributed by atoms with van der Waals surface area (Å²) in [4.78, 5) is 34.4. The number of urea groups is 1. The quantitative estimate of drug-likeness (QED) is 0.720. The minimum atomic E-state index is -2.33. The zero-order valence-corrected chi connectivity index (χ0v) is 9.95. The number of halogens is 1. The molecule has 0 aromatic rings. The van der Waals surface area contributed by atoms with E-state index >= 15 is 0 Å². The molecule has 96 valence electrons. The van der Waals surface area contributed by atoms with Gasteiger partial charge in [-0.15, -0.1) is 0 Å². The molecule has 1 saturated heterocycles. The number of alkyl halides is 1. The number of ether oxygens (including phenoxy) is 1. The van der Waals surface area contributed by atoms with Gasteiger partial charge >= 0.3 is 6.03 Å². The average Bonchev–Trinajstić information content (AvgIpc) is 2.21. The molecule has 0 spiro atoms. The number of imide groups is 2. The first kappa shape index (κ1) is 13.6. The number of hydrogen-bond acceptors (Lipinski definition) is 4. The number of carbonyl (C=O) groups is 3. The van der Waals surface area contributed by atoms with Crippen molar-refractivity contribution in [2.75, 3.05) is 13.2 Å². The number of nitrogens with one attached hydrogen (secondary N) is 1. The Balaban J connectivity index is 2.79. The fourth-order valence-corrected chi connectivity index (χ4v) is 1.55. The van der Waals surface area contributed by atoms with E-state index in [1.165, 1.54) is 0 Å². The highest BCUT2D eigenvalue weighted by Gasteiger charge is 2.42. The van der Waals surface area contributed by atoms with E-state index < -0.39 is 29.6 Å². The number of amides is 4. The maximum atomic E-state index is 13.2. The van der Waals surface area contributed by atoms with Crippen LogP contribution in [-0.2, 0) is 14.3 Å². The Morgan fingerprint density at radius 2 is 2.00 bits per heavy atom. The highest BCUT2D eigenvalue weighted by atomic mass is 19.1. The zero-order valence-electron chi connectivity index (χ0n) is 9.95. The molecule has 0 saturated carbocycles. The SMILES string of the molecule is CCOC(C)(C)CN1C(=O)NC(=O)C(F)C1=O. The van der Waals surface area contributed by atoms with Gasteiger partial charge in [-0.3, -0.25) is 19.8 Å². The molecule has 4 amide bonds. The molecule has 0 bridgehead atoms. The van der Waals surface area contributed by atoms with Crippen LogP contribution in [0.2, 0.25) is 0 Å². The molecule has 17 heavy (non-hydrogen) atoms. The van der Waals surface area contributed by atoms with Gasteiger partial charge in [0.2, 0.25) is 0 Å². The van der Waals surface area contributed by atoms with Gasteiger partial charge in [-0.2, -0.15) is 0 Å². The predicted octanol–water partition coefficient (Wildman–Crippen LogP) is 0.218. The summed E-state index contributed by atoms with van der Waals surface area (Å²) in [5.41, 5.74) is -0.790. The Morgan fingerprint density at radius 3 is 2.53 bits per heavy atom. The van der Waals surface area contributed by atoms with Crippen molar-refractivity contribution in [1.29, 1.82) is 0 Å². The zero-order chi connectivity index (χ0) is 13.2. The smallest absolute Gasteiger partial charge is 0.331 e. The first-order valence-corrected chi connectivity index (χ1v) is 5.22. The molecule has 1 N–H and O–H groups in total. The number of carbonyl (C=O) groups excluding carboxylic acids is 3. The van der Waals surface area contributed by atoms with Crippen molar-refractivity contribution >= 4 is 17.8 Å². The largest absolute Gasteiger partial charge is 0.374 e. The minimum absolute atomic E-state index is 0.112. The van der Waals surface area contributed by atoms with Crippen molar-refractivity contribution in [3.63, 3.8) is 0 Å². The number of hydrogen-bond donors (Lipinski definition) is 1. The average molecular weight is 246 g/mol. The molecule has 0 aromatic carbocycles. The summed E-state index contributed by atoms with van der Waals surface area (Å²) >= 11 is 0. The maximum Gasteiger partial charge on any atom is 0.331 e. The van der Waals surface area contributed by atoms with Crippen molar-refractivity contribution in [1.82, 2.24) is 10.2 Å². The van der Waals surface area contributed by atoms with Gasteiger partial charge in [0.05, 0.1) is 12.1 Å². The molecule has 1 rings (SSSR count). The lowest BCUT2D eigenvalue weighted by atomic mass is 10.1. The van der Waals surface area contributed by atoms with E-state index in [-0.39, 0.29) is 6.54 Å². The third-order valence-corrected chi connectivity index (χ3v) is 2.26. The number of barbiturate groups is 1. The van der Waals surface area contributed by atoms with E-state index in [0.717, 1.165) is 0 Å². The molecule has 1 fully saturated rings. The van der Waals surface area contributed by atoms with Crippen LogP contribution in [0, 0.1) is 0 Å². The first-order chi connectivity index (χ1) is 7.78. The summed E-state index contributed by atoms with van der Waals surface area (Å²) in [6, 6.07) is -0.915. The van der Waals surface area contributed by atoms with Crippen LogP contribution in [0.15, 0.2) is 0 Å². The third-order valence-electron chi connectivity index (χ3n) is 2.26. The van der Waals surface area contributed by atoms with E-state index in [4.69, 9.17) is 4.74 Å². The van der Waals surface area contributed by atoms with E-state index in [1.807, 2.05) is 0 Å². The summed E-state index contributed by atoms with van der Waals surface area (Å²) in [5, 5.41) is 1.77. The van der Waals surface area contributed by atoms with Crippen LogP contribution in [0.4, 0.5) is 9.18 Å². The molecule has 0 aliphatic carbocycles. The Morgan fingerprint density at radius 1 is 1.41 bits per heavy atom. The van der Waals surface area contributed by atoms with Crippen LogP contribution in [0.3, 0.4) is 0 Å². The Bertz CT molecular complexity index is 356. The standard InChI is InChI=1S/C10H15FN2O4/c1-4-17-10(2,3)5-13-8(15)6(11)7(14)12-9(13)16/h6H,4-5H2,1-3H3,(H,12,14,16). The molecule has 0 aromatic heterocycles. The van der Waals surface area contributed by atoms with Gasteiger partial charge in [-0.1, -0.05) is 0 Å². The lowest BCUT2D eigenvalue weighted by Gasteiger charge is -2.33. The van der Waals surface area contributed by atoms with Gasteiger partial charge < -0.3 is 4.74 Å². The van der Waals surface area contributed by atoms with Crippen LogP contribution >= 0.6 is 0 Å². The fraction of sp³-hybridized carbons (Fsp3) is 0.700. The van der Waals surface area contributed by atoms with Crippen molar-refractivity contribution < 1.29 is 23.5 Å². The molecule has 1 atom stereocenters. The van der Waals surface area contributed by atoms with Crippen LogP contribution in [-0.4, -0.2) is 47.7 Å². The molecule has 0 radical (unpaired) electrons. The highest BCUT2D eigenvalue weighted by Crippen LogP contribution is 2.15. The monoisotopic (exact) mass is 246 g/mol. The second-order valence-electron chi connectivity index (χ2n) is 4.27. The molecule has 7 heteroatoms. The van der Waals surface area contributed by atoms with Crippen LogP contribution in [0.1, 0.15) is 20.8 Å². The summed E-state index contributed by atoms with van der Waals surface area (Å²) in [5.74, 6) is -2.36. The molecular formula is C10H15FN2O4. The second kappa shape index (κ2) is 4.79. The molecule has 1 heterocycles. The van der Waals surface area contributed by atoms with Crippen molar-refractivity contribution in [2.24, 2.45) is 0 Å². The molecule has 1 aliphatic rings. The Hall–Kier alpha value is -1.50. The van der Waals surface area contributed by atoms with Gasteiger partial charge in [0.25, 0.3) is 18.0 Å². The summed E-state index contributed by atoms with van der Waals surface area (Å²) in [6.07, 6.45) is -2.33. The fourth-order valence-electron chi connectivity index (χ4n) is 1.55. The van der Waals surface area contributed by atoms with Crippen molar-refractivity contribution in [3.05, 3.63) is 0 Å². The Labute approximate surface area is 98.1 Å². The van der Waals surface area contributed by atoms with Crippen LogP contribution in [0.25, 0.3) is 0 Å². The van der Waals surface area contributed by atoms with Gasteiger partial charge in [0.1, 0.15) is 0 Å². The molecule has 6 nitrogen and oxygen atoms in total. The summed E-state index contributed by atoms with van der Waals surface area (Å²) in [6.45, 7) is 5.39. The van der Waals surface area contributed by atoms with Gasteiger partial charge in [0.15, 0.2) is 0 Å². The van der Waals surface area contributed by atoms with Crippen molar-refractivity contribution in [3.8, 4) is 0 Å². The lowest BCUT2D eigenvalue weighted by Crippen LogP contribution is -2.61. The molecule has 1 aliphatic heterocycles. The van der Waals surface area contributed by atoms with Crippen LogP contribution in [0.5, 0.6) is 0 Å². The van der Waals surface area contributed by atoms with Crippen molar-refractivity contribution in [2.45, 2.75) is 32.5 Å². The summed E-state index contributed by atoms with van der Waals surface area (Å²) in [7, 11) is 0. The maximum absolute atomic E-state index is 13.2. The molecular weight excluding hydrogens is 231 g/mol. The normalized spacial score (nSPS) is 21.8. The van der Waals surface area contributed by atoms with E-state index in [1.54, 1.807) is 26.1 Å². The van der Waals surface area contributed by atoms with E-state index in [9.17, 15) is 18.8 Å². The predicted molar refractivity (Wildman–Crippen MR) is 55.9 cm³/mol. The van der Waals surface area contributed by atoms with E-state index in [2.05, 4.69) is 0 Å². The summed E-state index contributed by atoms with van der Waals surface area (Å²) < 4.78 is 18.5. The first-order valence-electron chi connectivity index (χ1n) is 5.22. The molecule has 1 unspecified atom stereocenters. The van der Waals surface area contributed by atoms with Gasteiger partial charge in [-0.05, 0) is 20.8 Å². The van der Waals surface area contributed by atoms with Gasteiger partial charge in [0, 0.05) is 6.61 Å².